The van der Waals surface area contributed by atoms with Crippen LogP contribution >= 0.6 is 0 Å². The Morgan fingerprint density at radius 2 is 2.36 bits per heavy atom. The zero-order valence-corrected chi connectivity index (χ0v) is 9.42. The monoisotopic (exact) mass is 194 g/mol. The van der Waals surface area contributed by atoms with Crippen LogP contribution in [0, 0.1) is 0 Å². The van der Waals surface area contributed by atoms with E-state index in [1.54, 1.807) is 0 Å². The molecule has 0 aliphatic carbocycles. The number of nitrogens with one attached hydrogen (secondary N) is 1. The van der Waals surface area contributed by atoms with Gasteiger partial charge in [0.25, 0.3) is 0 Å². The fourth-order valence-electron chi connectivity index (χ4n) is 1.96. The smallest absolute Gasteiger partial charge is 0.0618 e. The molecule has 1 fully saturated rings. The summed E-state index contributed by atoms with van der Waals surface area (Å²) in [5.41, 5.74) is 1.34. The lowest BCUT2D eigenvalue weighted by Gasteiger charge is -2.30. The first kappa shape index (κ1) is 11.3. The molecule has 1 saturated heterocycles. The molecule has 1 aliphatic heterocycles. The Hall–Kier alpha value is -0.760. The van der Waals surface area contributed by atoms with Gasteiger partial charge in [-0.2, -0.15) is 0 Å². The first-order valence-corrected chi connectivity index (χ1v) is 5.48. The third-order valence-corrected chi connectivity index (χ3v) is 3.03. The van der Waals surface area contributed by atoms with Crippen LogP contribution in [-0.4, -0.2) is 30.1 Å². The van der Waals surface area contributed by atoms with Crippen molar-refractivity contribution >= 4 is 0 Å². The largest absolute Gasteiger partial charge is 0.370 e. The number of hydrogen-bond acceptors (Lipinski definition) is 2. The van der Waals surface area contributed by atoms with E-state index in [1.165, 1.54) is 12.0 Å². The van der Waals surface area contributed by atoms with Crippen LogP contribution in [0.25, 0.3) is 0 Å². The molecule has 0 amide bonds. The number of nitrogens with zero attached hydrogens (tertiary/aromatic N) is 1. The van der Waals surface area contributed by atoms with Gasteiger partial charge in [0.1, 0.15) is 0 Å². The van der Waals surface area contributed by atoms with Gasteiger partial charge in [-0.3, -0.25) is 0 Å². The van der Waals surface area contributed by atoms with E-state index in [4.69, 9.17) is 0 Å². The molecule has 0 saturated carbocycles. The molecule has 2 atom stereocenters. The molecule has 0 radical (unpaired) electrons. The van der Waals surface area contributed by atoms with Crippen molar-refractivity contribution in [2.45, 2.75) is 38.8 Å². The van der Waals surface area contributed by atoms with Crippen LogP contribution < -0.4 is 5.32 Å². The summed E-state index contributed by atoms with van der Waals surface area (Å²) in [7, 11) is 0. The molecular weight excluding hydrogens is 172 g/mol. The van der Waals surface area contributed by atoms with E-state index in [2.05, 4.69) is 37.2 Å². The van der Waals surface area contributed by atoms with Crippen molar-refractivity contribution in [2.75, 3.05) is 13.1 Å². The fraction of sp³-hybridized carbons (Fsp3) is 0.667. The molecule has 1 aliphatic rings. The van der Waals surface area contributed by atoms with Crippen LogP contribution in [0.1, 0.15) is 26.7 Å². The summed E-state index contributed by atoms with van der Waals surface area (Å²) in [5.74, 6) is 0. The van der Waals surface area contributed by atoms with Gasteiger partial charge in [0.15, 0.2) is 0 Å². The number of likely N-dealkylation sites (N-methyl/N-ethyl adjacent to an activating group) is 1. The Bertz CT molecular complexity index is 210. The second-order valence-corrected chi connectivity index (χ2v) is 4.04. The molecule has 0 unspecified atom stereocenters. The van der Waals surface area contributed by atoms with Crippen LogP contribution in [0.3, 0.4) is 0 Å². The van der Waals surface area contributed by atoms with Crippen LogP contribution in [0.5, 0.6) is 0 Å². The van der Waals surface area contributed by atoms with Crippen molar-refractivity contribution in [3.8, 4) is 0 Å². The van der Waals surface area contributed by atoms with E-state index in [0.29, 0.717) is 12.1 Å². The highest BCUT2D eigenvalue weighted by Crippen LogP contribution is 2.18. The zero-order chi connectivity index (χ0) is 10.6. The molecule has 0 spiro atoms. The summed E-state index contributed by atoms with van der Waals surface area (Å²) in [5, 5.41) is 3.52. The molecule has 2 nitrogen and oxygen atoms in total. The van der Waals surface area contributed by atoms with Gasteiger partial charge in [0, 0.05) is 19.1 Å². The van der Waals surface area contributed by atoms with Gasteiger partial charge in [-0.25, -0.2) is 0 Å². The van der Waals surface area contributed by atoms with Crippen molar-refractivity contribution in [3.63, 3.8) is 0 Å². The predicted molar refractivity (Wildman–Crippen MR) is 62.2 cm³/mol. The molecular formula is C12H22N2. The molecule has 0 aromatic rings. The minimum Gasteiger partial charge on any atom is -0.370 e. The Morgan fingerprint density at radius 1 is 1.64 bits per heavy atom. The lowest BCUT2D eigenvalue weighted by molar-refractivity contribution is 0.314. The molecule has 80 valence electrons. The van der Waals surface area contributed by atoms with Crippen molar-refractivity contribution in [1.29, 1.82) is 0 Å². The lowest BCUT2D eigenvalue weighted by atomic mass is 10.0. The van der Waals surface area contributed by atoms with Crippen LogP contribution in [0.15, 0.2) is 24.9 Å². The Morgan fingerprint density at radius 3 is 2.93 bits per heavy atom. The molecule has 2 heteroatoms. The van der Waals surface area contributed by atoms with Crippen LogP contribution in [-0.2, 0) is 0 Å². The zero-order valence-electron chi connectivity index (χ0n) is 9.42. The van der Waals surface area contributed by atoms with Crippen molar-refractivity contribution in [1.82, 2.24) is 10.2 Å². The molecule has 1 N–H and O–H groups in total. The summed E-state index contributed by atoms with van der Waals surface area (Å²) in [6.45, 7) is 14.4. The minimum atomic E-state index is 0.433. The summed E-state index contributed by atoms with van der Waals surface area (Å²) in [6, 6.07) is 1.04. The second kappa shape index (κ2) is 5.20. The van der Waals surface area contributed by atoms with E-state index < -0.39 is 0 Å². The molecule has 1 heterocycles. The van der Waals surface area contributed by atoms with Gasteiger partial charge < -0.3 is 10.2 Å². The quantitative estimate of drug-likeness (QED) is 0.693. The molecule has 14 heavy (non-hydrogen) atoms. The van der Waals surface area contributed by atoms with E-state index in [-0.39, 0.29) is 0 Å². The van der Waals surface area contributed by atoms with Crippen LogP contribution in [0.4, 0.5) is 0 Å². The maximum atomic E-state index is 4.18. The standard InChI is InChI=1S/C12H22N2/c1-5-14(6-2)12-9-13-11(4)8-7-10(12)3/h5,11-13H,1,3,6-9H2,2,4H3/t11-,12+/m0/s1. The lowest BCUT2D eigenvalue weighted by Crippen LogP contribution is -2.40. The van der Waals surface area contributed by atoms with Gasteiger partial charge in [-0.15, -0.1) is 0 Å². The summed E-state index contributed by atoms with van der Waals surface area (Å²) in [4.78, 5) is 2.26. The Kier molecular flexibility index (Phi) is 4.21. The van der Waals surface area contributed by atoms with Crippen LogP contribution in [0.2, 0.25) is 0 Å². The summed E-state index contributed by atoms with van der Waals surface area (Å²) >= 11 is 0. The SMILES string of the molecule is C=CN(CC)[C@@H]1CN[C@@H](C)CCC1=C. The fourth-order valence-corrected chi connectivity index (χ4v) is 1.96. The average molecular weight is 194 g/mol. The normalized spacial score (nSPS) is 28.3. The summed E-state index contributed by atoms with van der Waals surface area (Å²) in [6.07, 6.45) is 4.25. The molecule has 0 bridgehead atoms. The number of rotatable bonds is 3. The van der Waals surface area contributed by atoms with Gasteiger partial charge in [0.05, 0.1) is 6.04 Å². The van der Waals surface area contributed by atoms with E-state index >= 15 is 0 Å². The maximum absolute atomic E-state index is 4.18. The second-order valence-electron chi connectivity index (χ2n) is 4.04. The third-order valence-electron chi connectivity index (χ3n) is 3.03. The maximum Gasteiger partial charge on any atom is 0.0618 e. The molecule has 0 aromatic carbocycles. The van der Waals surface area contributed by atoms with Crippen molar-refractivity contribution in [2.24, 2.45) is 0 Å². The van der Waals surface area contributed by atoms with Gasteiger partial charge in [0.2, 0.25) is 0 Å². The minimum absolute atomic E-state index is 0.433. The van der Waals surface area contributed by atoms with E-state index in [1.807, 2.05) is 6.20 Å². The number of hydrogen-bond donors (Lipinski definition) is 1. The van der Waals surface area contributed by atoms with Gasteiger partial charge >= 0.3 is 0 Å². The topological polar surface area (TPSA) is 15.3 Å². The average Bonchev–Trinajstić information content (AvgIpc) is 2.34. The van der Waals surface area contributed by atoms with Gasteiger partial charge in [-0.1, -0.05) is 18.7 Å². The first-order valence-electron chi connectivity index (χ1n) is 5.48. The van der Waals surface area contributed by atoms with Crippen molar-refractivity contribution in [3.05, 3.63) is 24.9 Å². The molecule has 0 aromatic heterocycles. The first-order chi connectivity index (χ1) is 6.69. The predicted octanol–water partition coefficient (Wildman–Crippen LogP) is 2.15. The highest BCUT2D eigenvalue weighted by Gasteiger charge is 2.21. The highest BCUT2D eigenvalue weighted by molar-refractivity contribution is 5.10. The third kappa shape index (κ3) is 2.61. The van der Waals surface area contributed by atoms with Gasteiger partial charge in [-0.05, 0) is 32.9 Å². The van der Waals surface area contributed by atoms with Crippen molar-refractivity contribution < 1.29 is 0 Å². The molecule has 1 rings (SSSR count). The highest BCUT2D eigenvalue weighted by atomic mass is 15.2. The Labute approximate surface area is 87.7 Å². The summed E-state index contributed by atoms with van der Waals surface area (Å²) < 4.78 is 0. The van der Waals surface area contributed by atoms with E-state index in [0.717, 1.165) is 19.5 Å². The van der Waals surface area contributed by atoms with E-state index in [9.17, 15) is 0 Å². The Balaban J connectivity index is 2.65.